The highest BCUT2D eigenvalue weighted by molar-refractivity contribution is 7.88. The van der Waals surface area contributed by atoms with Crippen LogP contribution < -0.4 is 10.1 Å². The average Bonchev–Trinajstić information content (AvgIpc) is 3.01. The van der Waals surface area contributed by atoms with Gasteiger partial charge in [-0.3, -0.25) is 0 Å². The normalized spacial score (nSPS) is 25.3. The smallest absolute Gasteiger partial charge is 0.211 e. The van der Waals surface area contributed by atoms with Crippen LogP contribution in [0.1, 0.15) is 24.0 Å². The molecule has 128 valence electrons. The van der Waals surface area contributed by atoms with Gasteiger partial charge < -0.3 is 10.1 Å². The molecule has 0 aromatic heterocycles. The number of fused-ring (bicyclic) bond motifs is 1. The summed E-state index contributed by atoms with van der Waals surface area (Å²) in [5.41, 5.74) is 2.80. The first-order valence-corrected chi connectivity index (χ1v) is 10.1. The van der Waals surface area contributed by atoms with Gasteiger partial charge in [-0.1, -0.05) is 6.07 Å². The van der Waals surface area contributed by atoms with Crippen LogP contribution in [0.5, 0.6) is 5.75 Å². The van der Waals surface area contributed by atoms with E-state index in [9.17, 15) is 8.42 Å². The van der Waals surface area contributed by atoms with Gasteiger partial charge in [0.1, 0.15) is 5.75 Å². The molecule has 23 heavy (non-hydrogen) atoms. The molecule has 0 spiro atoms. The van der Waals surface area contributed by atoms with Gasteiger partial charge in [-0.25, -0.2) is 12.7 Å². The van der Waals surface area contributed by atoms with E-state index in [1.807, 2.05) is 6.07 Å². The van der Waals surface area contributed by atoms with Crippen molar-refractivity contribution in [1.82, 2.24) is 9.62 Å². The number of benzene rings is 1. The Hall–Kier alpha value is -1.11. The summed E-state index contributed by atoms with van der Waals surface area (Å²) >= 11 is 0. The molecule has 5 nitrogen and oxygen atoms in total. The molecule has 1 aromatic rings. The van der Waals surface area contributed by atoms with Crippen LogP contribution in [0.4, 0.5) is 0 Å². The highest BCUT2D eigenvalue weighted by Crippen LogP contribution is 2.26. The van der Waals surface area contributed by atoms with Gasteiger partial charge in [0.15, 0.2) is 0 Å². The molecule has 1 saturated heterocycles. The van der Waals surface area contributed by atoms with Crippen molar-refractivity contribution < 1.29 is 13.2 Å². The third-order valence-electron chi connectivity index (χ3n) is 5.05. The van der Waals surface area contributed by atoms with Gasteiger partial charge in [0, 0.05) is 19.1 Å². The predicted octanol–water partition coefficient (Wildman–Crippen LogP) is 1.42. The molecule has 2 atom stereocenters. The lowest BCUT2D eigenvalue weighted by molar-refractivity contribution is 0.394. The highest BCUT2D eigenvalue weighted by Gasteiger charge is 2.29. The summed E-state index contributed by atoms with van der Waals surface area (Å²) in [4.78, 5) is 0. The Kier molecular flexibility index (Phi) is 4.94. The van der Waals surface area contributed by atoms with E-state index in [-0.39, 0.29) is 0 Å². The minimum Gasteiger partial charge on any atom is -0.497 e. The number of rotatable bonds is 5. The monoisotopic (exact) mass is 338 g/mol. The van der Waals surface area contributed by atoms with Crippen molar-refractivity contribution in [2.24, 2.45) is 5.92 Å². The van der Waals surface area contributed by atoms with Crippen LogP contribution in [0, 0.1) is 5.92 Å². The van der Waals surface area contributed by atoms with Gasteiger partial charge in [0.2, 0.25) is 10.0 Å². The fourth-order valence-corrected chi connectivity index (χ4v) is 4.55. The summed E-state index contributed by atoms with van der Waals surface area (Å²) in [6.45, 7) is 2.22. The quantitative estimate of drug-likeness (QED) is 0.882. The number of nitrogens with zero attached hydrogens (tertiary/aromatic N) is 1. The largest absolute Gasteiger partial charge is 0.497 e. The Morgan fingerprint density at radius 2 is 2.13 bits per heavy atom. The maximum Gasteiger partial charge on any atom is 0.211 e. The minimum atomic E-state index is -3.03. The first kappa shape index (κ1) is 16.7. The lowest BCUT2D eigenvalue weighted by Crippen LogP contribution is -2.38. The topological polar surface area (TPSA) is 58.6 Å². The average molecular weight is 338 g/mol. The van der Waals surface area contributed by atoms with Crippen LogP contribution in [0.15, 0.2) is 18.2 Å². The second-order valence-electron chi connectivity index (χ2n) is 6.76. The van der Waals surface area contributed by atoms with Crippen LogP contribution in [0.25, 0.3) is 0 Å². The van der Waals surface area contributed by atoms with E-state index in [4.69, 9.17) is 4.74 Å². The number of sulfonamides is 1. The lowest BCUT2D eigenvalue weighted by Gasteiger charge is -2.27. The summed E-state index contributed by atoms with van der Waals surface area (Å²) in [6, 6.07) is 6.82. The molecule has 1 fully saturated rings. The van der Waals surface area contributed by atoms with Gasteiger partial charge in [-0.2, -0.15) is 0 Å². The Morgan fingerprint density at radius 1 is 1.30 bits per heavy atom. The number of hydrogen-bond acceptors (Lipinski definition) is 4. The predicted molar refractivity (Wildman–Crippen MR) is 91.3 cm³/mol. The van der Waals surface area contributed by atoms with Crippen molar-refractivity contribution in [3.05, 3.63) is 29.3 Å². The molecular formula is C17H26N2O3S. The van der Waals surface area contributed by atoms with Crippen LogP contribution >= 0.6 is 0 Å². The molecule has 1 aliphatic heterocycles. The molecule has 0 bridgehead atoms. The molecule has 0 saturated carbocycles. The number of aryl methyl sites for hydroxylation is 1. The molecule has 0 amide bonds. The molecule has 1 N–H and O–H groups in total. The van der Waals surface area contributed by atoms with Crippen molar-refractivity contribution in [3.63, 3.8) is 0 Å². The van der Waals surface area contributed by atoms with Crippen LogP contribution in [-0.4, -0.2) is 51.8 Å². The van der Waals surface area contributed by atoms with E-state index in [1.54, 1.807) is 11.4 Å². The Morgan fingerprint density at radius 3 is 2.83 bits per heavy atom. The molecule has 2 aliphatic rings. The van der Waals surface area contributed by atoms with Crippen molar-refractivity contribution >= 4 is 10.0 Å². The summed E-state index contributed by atoms with van der Waals surface area (Å²) in [5.74, 6) is 1.35. The van der Waals surface area contributed by atoms with Crippen LogP contribution in [-0.2, 0) is 22.9 Å². The van der Waals surface area contributed by atoms with Gasteiger partial charge in [-0.05, 0) is 61.4 Å². The van der Waals surface area contributed by atoms with Crippen molar-refractivity contribution in [3.8, 4) is 5.75 Å². The highest BCUT2D eigenvalue weighted by atomic mass is 32.2. The standard InChI is InChI=1S/C17H26N2O3S/c1-22-17-6-4-14-3-5-16(9-15(14)10-17)18-11-13-7-8-19(12-13)23(2,20)21/h4,6,10,13,16,18H,3,5,7-9,11-12H2,1-2H3/t13-,16-/m1/s1. The SMILES string of the molecule is COc1ccc2c(c1)C[C@H](NC[C@H]1CCN(S(C)(=O)=O)C1)CC2. The van der Waals surface area contributed by atoms with E-state index in [0.717, 1.165) is 38.0 Å². The Bertz CT molecular complexity index is 660. The van der Waals surface area contributed by atoms with Gasteiger partial charge in [-0.15, -0.1) is 0 Å². The van der Waals surface area contributed by atoms with E-state index in [1.165, 1.54) is 17.4 Å². The number of nitrogens with one attached hydrogen (secondary N) is 1. The summed E-state index contributed by atoms with van der Waals surface area (Å²) in [5, 5.41) is 3.65. The van der Waals surface area contributed by atoms with E-state index < -0.39 is 10.0 Å². The summed E-state index contributed by atoms with van der Waals surface area (Å²) in [7, 11) is -1.33. The summed E-state index contributed by atoms with van der Waals surface area (Å²) < 4.78 is 30.1. The number of methoxy groups -OCH3 is 1. The van der Waals surface area contributed by atoms with E-state index >= 15 is 0 Å². The Labute approximate surface area is 139 Å². The number of hydrogen-bond donors (Lipinski definition) is 1. The molecule has 6 heteroatoms. The third-order valence-corrected chi connectivity index (χ3v) is 6.32. The van der Waals surface area contributed by atoms with Crippen molar-refractivity contribution in [1.29, 1.82) is 0 Å². The zero-order valence-electron chi connectivity index (χ0n) is 13.9. The minimum absolute atomic E-state index is 0.427. The Balaban J connectivity index is 1.52. The zero-order valence-corrected chi connectivity index (χ0v) is 14.7. The molecule has 1 aliphatic carbocycles. The second kappa shape index (κ2) is 6.79. The molecule has 0 radical (unpaired) electrons. The third kappa shape index (κ3) is 4.05. The molecule has 1 aromatic carbocycles. The van der Waals surface area contributed by atoms with E-state index in [0.29, 0.717) is 25.0 Å². The van der Waals surface area contributed by atoms with Crippen molar-refractivity contribution in [2.45, 2.75) is 31.7 Å². The molecule has 0 unspecified atom stereocenters. The lowest BCUT2D eigenvalue weighted by atomic mass is 9.88. The first-order valence-electron chi connectivity index (χ1n) is 8.30. The van der Waals surface area contributed by atoms with Crippen LogP contribution in [0.3, 0.4) is 0 Å². The molecular weight excluding hydrogens is 312 g/mol. The summed E-state index contributed by atoms with van der Waals surface area (Å²) in [6.07, 6.45) is 5.51. The van der Waals surface area contributed by atoms with Crippen LogP contribution in [0.2, 0.25) is 0 Å². The van der Waals surface area contributed by atoms with Gasteiger partial charge in [0.05, 0.1) is 13.4 Å². The molecule has 1 heterocycles. The molecule has 3 rings (SSSR count). The van der Waals surface area contributed by atoms with Gasteiger partial charge in [0.25, 0.3) is 0 Å². The zero-order chi connectivity index (χ0) is 16.4. The van der Waals surface area contributed by atoms with Crippen molar-refractivity contribution in [2.75, 3.05) is 33.0 Å². The fraction of sp³-hybridized carbons (Fsp3) is 0.647. The fourth-order valence-electron chi connectivity index (χ4n) is 3.63. The van der Waals surface area contributed by atoms with Gasteiger partial charge >= 0.3 is 0 Å². The maximum atomic E-state index is 11.6. The number of ether oxygens (including phenoxy) is 1. The first-order chi connectivity index (χ1) is 11.0. The maximum absolute atomic E-state index is 11.6. The second-order valence-corrected chi connectivity index (χ2v) is 8.74. The van der Waals surface area contributed by atoms with E-state index in [2.05, 4.69) is 17.4 Å².